The van der Waals surface area contributed by atoms with Gasteiger partial charge >= 0.3 is 0 Å². The van der Waals surface area contributed by atoms with E-state index in [4.69, 9.17) is 11.5 Å². The summed E-state index contributed by atoms with van der Waals surface area (Å²) in [7, 11) is 0. The van der Waals surface area contributed by atoms with Crippen LogP contribution in [0.15, 0.2) is 30.3 Å². The second kappa shape index (κ2) is 4.93. The molecule has 0 saturated heterocycles. The van der Waals surface area contributed by atoms with E-state index in [0.29, 0.717) is 12.4 Å². The summed E-state index contributed by atoms with van der Waals surface area (Å²) in [5, 5.41) is 7.74. The minimum absolute atomic E-state index is 0.168. The molecule has 2 rings (SSSR count). The Labute approximate surface area is 113 Å². The summed E-state index contributed by atoms with van der Waals surface area (Å²) in [5.74, 6) is 0.772. The lowest BCUT2D eigenvalue weighted by atomic mass is 10.1. The maximum absolute atomic E-state index is 6.22. The van der Waals surface area contributed by atoms with E-state index < -0.39 is 0 Å². The van der Waals surface area contributed by atoms with Crippen LogP contribution in [-0.2, 0) is 5.54 Å². The highest BCUT2D eigenvalue weighted by Gasteiger charge is 2.23. The minimum atomic E-state index is -0.168. The summed E-state index contributed by atoms with van der Waals surface area (Å²) >= 11 is 0. The molecule has 2 aromatic rings. The molecule has 0 unspecified atom stereocenters. The zero-order valence-electron chi connectivity index (χ0n) is 11.6. The van der Waals surface area contributed by atoms with E-state index in [-0.39, 0.29) is 5.54 Å². The lowest BCUT2D eigenvalue weighted by Crippen LogP contribution is -2.26. The number of nitrogens with zero attached hydrogens (tertiary/aromatic N) is 2. The highest BCUT2D eigenvalue weighted by atomic mass is 15.4. The molecule has 102 valence electrons. The Bertz CT molecular complexity index is 551. The Kier molecular flexibility index (Phi) is 3.48. The van der Waals surface area contributed by atoms with E-state index in [9.17, 15) is 0 Å². The van der Waals surface area contributed by atoms with E-state index in [1.165, 1.54) is 0 Å². The van der Waals surface area contributed by atoms with Crippen molar-refractivity contribution in [3.05, 3.63) is 30.3 Å². The van der Waals surface area contributed by atoms with Gasteiger partial charge in [-0.2, -0.15) is 5.10 Å². The van der Waals surface area contributed by atoms with Gasteiger partial charge in [-0.1, -0.05) is 30.3 Å². The number of benzene rings is 1. The fourth-order valence-electron chi connectivity index (χ4n) is 1.99. The molecule has 5 heteroatoms. The monoisotopic (exact) mass is 259 g/mol. The van der Waals surface area contributed by atoms with Crippen molar-refractivity contribution in [2.45, 2.75) is 26.3 Å². The van der Waals surface area contributed by atoms with Gasteiger partial charge in [-0.15, -0.1) is 0 Å². The number of anilines is 2. The van der Waals surface area contributed by atoms with Crippen molar-refractivity contribution >= 4 is 11.5 Å². The zero-order valence-corrected chi connectivity index (χ0v) is 11.6. The van der Waals surface area contributed by atoms with Crippen molar-refractivity contribution in [1.82, 2.24) is 9.78 Å². The molecule has 0 spiro atoms. The van der Waals surface area contributed by atoms with Crippen LogP contribution >= 0.6 is 0 Å². The van der Waals surface area contributed by atoms with E-state index in [1.54, 1.807) is 0 Å². The largest absolute Gasteiger partial charge is 0.394 e. The van der Waals surface area contributed by atoms with Gasteiger partial charge in [0.1, 0.15) is 17.2 Å². The average molecular weight is 259 g/mol. The highest BCUT2D eigenvalue weighted by molar-refractivity contribution is 5.81. The molecule has 0 aliphatic heterocycles. The molecule has 0 aliphatic carbocycles. The fraction of sp³-hybridized carbons (Fsp3) is 0.357. The Morgan fingerprint density at radius 1 is 1.21 bits per heavy atom. The summed E-state index contributed by atoms with van der Waals surface area (Å²) < 4.78 is 1.89. The summed E-state index contributed by atoms with van der Waals surface area (Å²) in [6.45, 7) is 6.56. The molecule has 0 aliphatic rings. The molecule has 0 amide bonds. The summed E-state index contributed by atoms with van der Waals surface area (Å²) in [6.07, 6.45) is 0. The molecule has 0 atom stereocenters. The summed E-state index contributed by atoms with van der Waals surface area (Å²) in [5.41, 5.74) is 14.0. The topological polar surface area (TPSA) is 81.9 Å². The number of hydrogen-bond donors (Lipinski definition) is 3. The Balaban J connectivity index is 2.59. The maximum atomic E-state index is 6.22. The molecule has 19 heavy (non-hydrogen) atoms. The molecule has 1 aromatic carbocycles. The van der Waals surface area contributed by atoms with Crippen molar-refractivity contribution in [2.24, 2.45) is 5.73 Å². The number of nitrogens with two attached hydrogens (primary N) is 2. The Morgan fingerprint density at radius 2 is 1.84 bits per heavy atom. The van der Waals surface area contributed by atoms with Crippen LogP contribution in [0.25, 0.3) is 11.3 Å². The van der Waals surface area contributed by atoms with E-state index >= 15 is 0 Å². The lowest BCUT2D eigenvalue weighted by molar-refractivity contribution is 0.361. The van der Waals surface area contributed by atoms with Crippen LogP contribution < -0.4 is 16.8 Å². The first-order valence-corrected chi connectivity index (χ1v) is 6.33. The molecule has 0 radical (unpaired) electrons. The van der Waals surface area contributed by atoms with E-state index in [1.807, 2.05) is 35.0 Å². The second-order valence-corrected chi connectivity index (χ2v) is 5.44. The lowest BCUT2D eigenvalue weighted by Gasteiger charge is -2.22. The van der Waals surface area contributed by atoms with Gasteiger partial charge in [0.25, 0.3) is 0 Å². The quantitative estimate of drug-likeness (QED) is 0.738. The first-order chi connectivity index (χ1) is 8.95. The van der Waals surface area contributed by atoms with Crippen LogP contribution in [0.1, 0.15) is 20.8 Å². The summed E-state index contributed by atoms with van der Waals surface area (Å²) in [4.78, 5) is 0. The van der Waals surface area contributed by atoms with Crippen LogP contribution in [0.2, 0.25) is 0 Å². The Hall–Kier alpha value is -2.01. The third kappa shape index (κ3) is 2.56. The highest BCUT2D eigenvalue weighted by Crippen LogP contribution is 2.34. The molecule has 0 saturated carbocycles. The summed E-state index contributed by atoms with van der Waals surface area (Å²) in [6, 6.07) is 9.91. The zero-order chi connectivity index (χ0) is 14.0. The number of hydrogen-bond acceptors (Lipinski definition) is 4. The maximum Gasteiger partial charge on any atom is 0.149 e. The van der Waals surface area contributed by atoms with E-state index in [0.717, 1.165) is 17.1 Å². The van der Waals surface area contributed by atoms with Crippen molar-refractivity contribution in [2.75, 3.05) is 17.7 Å². The third-order valence-electron chi connectivity index (χ3n) is 2.87. The molecular weight excluding hydrogens is 238 g/mol. The number of nitrogens with one attached hydrogen (secondary N) is 1. The van der Waals surface area contributed by atoms with Gasteiger partial charge in [0.15, 0.2) is 0 Å². The van der Waals surface area contributed by atoms with Crippen LogP contribution in [0.4, 0.5) is 11.5 Å². The van der Waals surface area contributed by atoms with Crippen molar-refractivity contribution < 1.29 is 0 Å². The SMILES string of the molecule is CC(C)(C)n1nc(-c2ccccc2)c(N)c1NCN. The van der Waals surface area contributed by atoms with Gasteiger partial charge in [0.2, 0.25) is 0 Å². The van der Waals surface area contributed by atoms with Crippen LogP contribution in [0, 0.1) is 0 Å². The predicted molar refractivity (Wildman–Crippen MR) is 79.7 cm³/mol. The number of aromatic nitrogens is 2. The van der Waals surface area contributed by atoms with Gasteiger partial charge < -0.3 is 16.8 Å². The Morgan fingerprint density at radius 3 is 2.37 bits per heavy atom. The van der Waals surface area contributed by atoms with Crippen LogP contribution in [0.5, 0.6) is 0 Å². The predicted octanol–water partition coefficient (Wildman–Crippen LogP) is 2.22. The van der Waals surface area contributed by atoms with E-state index in [2.05, 4.69) is 31.2 Å². The van der Waals surface area contributed by atoms with Gasteiger partial charge in [0.05, 0.1) is 12.2 Å². The minimum Gasteiger partial charge on any atom is -0.394 e. The molecule has 1 heterocycles. The number of rotatable bonds is 3. The van der Waals surface area contributed by atoms with Crippen molar-refractivity contribution in [3.63, 3.8) is 0 Å². The van der Waals surface area contributed by atoms with Gasteiger partial charge in [0, 0.05) is 5.56 Å². The van der Waals surface area contributed by atoms with Crippen LogP contribution in [0.3, 0.4) is 0 Å². The first-order valence-electron chi connectivity index (χ1n) is 6.33. The fourth-order valence-corrected chi connectivity index (χ4v) is 1.99. The molecule has 5 N–H and O–H groups in total. The molecular formula is C14H21N5. The molecule has 0 bridgehead atoms. The third-order valence-corrected chi connectivity index (χ3v) is 2.87. The molecule has 0 fully saturated rings. The standard InChI is InChI=1S/C14H21N5/c1-14(2,3)19-13(17-9-15)11(16)12(18-19)10-7-5-4-6-8-10/h4-8,17H,9,15-16H2,1-3H3. The second-order valence-electron chi connectivity index (χ2n) is 5.44. The van der Waals surface area contributed by atoms with Crippen molar-refractivity contribution in [1.29, 1.82) is 0 Å². The average Bonchev–Trinajstić information content (AvgIpc) is 2.69. The van der Waals surface area contributed by atoms with Gasteiger partial charge in [-0.05, 0) is 20.8 Å². The molecule has 5 nitrogen and oxygen atoms in total. The van der Waals surface area contributed by atoms with Crippen molar-refractivity contribution in [3.8, 4) is 11.3 Å². The van der Waals surface area contributed by atoms with Gasteiger partial charge in [-0.25, -0.2) is 4.68 Å². The van der Waals surface area contributed by atoms with Crippen LogP contribution in [-0.4, -0.2) is 16.4 Å². The molecule has 1 aromatic heterocycles. The van der Waals surface area contributed by atoms with Gasteiger partial charge in [-0.3, -0.25) is 0 Å². The first kappa shape index (κ1) is 13.4. The normalized spacial score (nSPS) is 11.6. The smallest absolute Gasteiger partial charge is 0.149 e. The number of nitrogen functional groups attached to an aromatic ring is 1.